The molecule has 1 aliphatic carbocycles. The quantitative estimate of drug-likeness (QED) is 0.0872. The zero-order valence-corrected chi connectivity index (χ0v) is 37.9. The Kier molecular flexibility index (Phi) is 14.1. The molecule has 1 amide bonds. The first kappa shape index (κ1) is 47.8. The van der Waals surface area contributed by atoms with Crippen LogP contribution < -0.4 is 25.6 Å². The number of benzene rings is 2. The number of carbonyl (C=O) groups is 4. The molecule has 3 aromatic rings. The van der Waals surface area contributed by atoms with E-state index in [1.54, 1.807) is 71.2 Å². The van der Waals surface area contributed by atoms with Crippen molar-refractivity contribution in [3.05, 3.63) is 106 Å². The van der Waals surface area contributed by atoms with Crippen molar-refractivity contribution in [2.45, 2.75) is 85.6 Å². The van der Waals surface area contributed by atoms with Crippen LogP contribution in [-0.4, -0.2) is 93.3 Å². The second kappa shape index (κ2) is 19.2. The summed E-state index contributed by atoms with van der Waals surface area (Å²) in [6.45, 7) is 12.3. The van der Waals surface area contributed by atoms with Crippen molar-refractivity contribution in [3.8, 4) is 17.2 Å². The summed E-state index contributed by atoms with van der Waals surface area (Å²) in [5.74, 6) is -8.62. The lowest BCUT2D eigenvalue weighted by Gasteiger charge is -2.38. The molecule has 9 atom stereocenters. The molecule has 3 aliphatic heterocycles. The second-order valence-electron chi connectivity index (χ2n) is 16.8. The van der Waals surface area contributed by atoms with Crippen molar-refractivity contribution in [3.63, 3.8) is 0 Å². The van der Waals surface area contributed by atoms with Crippen LogP contribution in [-0.2, 0) is 23.8 Å². The third-order valence-electron chi connectivity index (χ3n) is 12.3. The average molecular weight is 897 g/mol. The van der Waals surface area contributed by atoms with E-state index in [0.717, 1.165) is 5.39 Å². The van der Waals surface area contributed by atoms with Gasteiger partial charge in [0.05, 0.1) is 77.0 Å². The number of hydrazine groups is 1. The van der Waals surface area contributed by atoms with Gasteiger partial charge in [-0.25, -0.2) is 0 Å². The minimum atomic E-state index is -2.11. The van der Waals surface area contributed by atoms with Crippen LogP contribution in [0.3, 0.4) is 0 Å². The Morgan fingerprint density at radius 3 is 2.35 bits per heavy atom. The number of aliphatic hydroxyl groups excluding tert-OH is 3. The normalized spacial score (nSPS) is 29.9. The monoisotopic (exact) mass is 896 g/mol. The predicted octanol–water partition coefficient (Wildman–Crippen LogP) is 5.85. The van der Waals surface area contributed by atoms with Crippen molar-refractivity contribution >= 4 is 45.8 Å². The van der Waals surface area contributed by atoms with Crippen molar-refractivity contribution < 1.29 is 63.3 Å². The number of phenolic OH excluding ortho intramolecular Hbond substituents is 1. The van der Waals surface area contributed by atoms with E-state index in [1.165, 1.54) is 65.6 Å². The Balaban J connectivity index is 1.47. The minimum absolute atomic E-state index is 0.00137. The molecule has 65 heavy (non-hydrogen) atoms. The maximum absolute atomic E-state index is 14.8. The van der Waals surface area contributed by atoms with Gasteiger partial charge in [-0.2, -0.15) is 0 Å². The van der Waals surface area contributed by atoms with Crippen molar-refractivity contribution in [1.82, 2.24) is 15.7 Å². The SMILES string of the molecule is COc1ccc2ncc(NN/C=C3/C(=O)c4c5c(O)c(C)c6c4C(=O)[C@@](C)(O/C=C/[C@H](OC)[C@@H](C)[C@@H](OC(C)=O)[C@H](C)[C@H](O)[C@H](C)[C@@H](O)[C@H](C)/C=C/C=C(/C)C(=O)NC3=C5O)O6)cc2c1. The molecular weight excluding hydrogens is 841 g/mol. The maximum atomic E-state index is 14.8. The molecule has 0 radical (unpaired) electrons. The van der Waals surface area contributed by atoms with Gasteiger partial charge < -0.3 is 54.9 Å². The number of methoxy groups -OCH3 is 2. The number of pyridine rings is 1. The van der Waals surface area contributed by atoms with Gasteiger partial charge in [0.25, 0.3) is 11.7 Å². The fraction of sp³-hybridized carbons (Fsp3) is 0.396. The molecule has 4 aliphatic rings. The highest BCUT2D eigenvalue weighted by molar-refractivity contribution is 6.25. The number of ether oxygens (including phenoxy) is 5. The number of carbonyl (C=O) groups excluding carboxylic acids is 4. The van der Waals surface area contributed by atoms with Crippen LogP contribution in [0.2, 0.25) is 0 Å². The van der Waals surface area contributed by atoms with E-state index in [0.29, 0.717) is 17.0 Å². The minimum Gasteiger partial charge on any atom is -0.507 e. The van der Waals surface area contributed by atoms with Crippen LogP contribution in [0.15, 0.2) is 84.1 Å². The fourth-order valence-corrected chi connectivity index (χ4v) is 8.37. The van der Waals surface area contributed by atoms with Crippen LogP contribution in [0.4, 0.5) is 5.69 Å². The van der Waals surface area contributed by atoms with E-state index in [9.17, 15) is 39.6 Å². The van der Waals surface area contributed by atoms with Crippen LogP contribution in [0.25, 0.3) is 16.7 Å². The number of amides is 1. The topological polar surface area (TPSA) is 244 Å². The zero-order valence-electron chi connectivity index (χ0n) is 37.9. The lowest BCUT2D eigenvalue weighted by molar-refractivity contribution is -0.160. The molecule has 5 bridgehead atoms. The Morgan fingerprint density at radius 2 is 1.68 bits per heavy atom. The molecule has 2 aromatic carbocycles. The Hall–Kier alpha value is -6.69. The van der Waals surface area contributed by atoms with E-state index in [4.69, 9.17) is 23.7 Å². The van der Waals surface area contributed by atoms with Crippen LogP contribution in [0, 0.1) is 30.6 Å². The van der Waals surface area contributed by atoms with Gasteiger partial charge in [-0.3, -0.25) is 29.6 Å². The smallest absolute Gasteiger partial charge is 0.312 e. The van der Waals surface area contributed by atoms with Gasteiger partial charge >= 0.3 is 11.8 Å². The molecule has 0 spiro atoms. The average Bonchev–Trinajstić information content (AvgIpc) is 3.55. The number of aromatic hydroxyl groups is 1. The number of fused-ring (bicyclic) bond motifs is 15. The van der Waals surface area contributed by atoms with Gasteiger partial charge in [-0.15, -0.1) is 0 Å². The third-order valence-corrected chi connectivity index (χ3v) is 12.3. The van der Waals surface area contributed by atoms with Crippen molar-refractivity contribution in [2.75, 3.05) is 19.6 Å². The maximum Gasteiger partial charge on any atom is 0.312 e. The molecule has 346 valence electrons. The number of nitrogens with zero attached hydrogens (tertiary/aromatic N) is 1. The van der Waals surface area contributed by atoms with E-state index in [-0.39, 0.29) is 33.7 Å². The van der Waals surface area contributed by atoms with E-state index < -0.39 is 100.0 Å². The summed E-state index contributed by atoms with van der Waals surface area (Å²) in [5.41, 5.74) is 5.24. The van der Waals surface area contributed by atoms with Gasteiger partial charge in [0, 0.05) is 67.4 Å². The van der Waals surface area contributed by atoms with Crippen LogP contribution in [0.5, 0.6) is 17.2 Å². The summed E-state index contributed by atoms with van der Waals surface area (Å²) in [6.07, 6.45) is 6.04. The predicted molar refractivity (Wildman–Crippen MR) is 240 cm³/mol. The van der Waals surface area contributed by atoms with Gasteiger partial charge in [-0.05, 0) is 44.2 Å². The molecule has 7 rings (SSSR count). The number of hydrogen-bond donors (Lipinski definition) is 7. The molecule has 0 saturated heterocycles. The number of Topliss-reactive ketones (excluding diaryl/α,β-unsaturated/α-hetero) is 2. The highest BCUT2D eigenvalue weighted by atomic mass is 16.7. The molecule has 0 saturated carbocycles. The van der Waals surface area contributed by atoms with E-state index in [1.807, 2.05) is 0 Å². The van der Waals surface area contributed by atoms with Crippen LogP contribution >= 0.6 is 0 Å². The third kappa shape index (κ3) is 9.30. The summed E-state index contributed by atoms with van der Waals surface area (Å²) in [5, 5.41) is 49.9. The molecule has 7 N–H and O–H groups in total. The van der Waals surface area contributed by atoms with Gasteiger partial charge in [0.2, 0.25) is 0 Å². The molecule has 17 nitrogen and oxygen atoms in total. The van der Waals surface area contributed by atoms with Gasteiger partial charge in [0.1, 0.15) is 23.4 Å². The number of allylic oxidation sites excluding steroid dienone is 3. The van der Waals surface area contributed by atoms with Gasteiger partial charge in [-0.1, -0.05) is 45.9 Å². The van der Waals surface area contributed by atoms with E-state index in [2.05, 4.69) is 21.2 Å². The summed E-state index contributed by atoms with van der Waals surface area (Å²) in [6, 6.07) is 7.13. The molecule has 4 heterocycles. The molecule has 17 heteroatoms. The van der Waals surface area contributed by atoms with Crippen LogP contribution in [0.1, 0.15) is 80.3 Å². The lowest BCUT2D eigenvalue weighted by atomic mass is 9.78. The second-order valence-corrected chi connectivity index (χ2v) is 16.8. The number of hydrogen-bond acceptors (Lipinski definition) is 16. The number of phenols is 1. The summed E-state index contributed by atoms with van der Waals surface area (Å²) in [7, 11) is 2.96. The summed E-state index contributed by atoms with van der Waals surface area (Å²) in [4.78, 5) is 60.0. The number of esters is 1. The van der Waals surface area contributed by atoms with Crippen molar-refractivity contribution in [2.24, 2.45) is 23.7 Å². The number of aliphatic hydroxyl groups is 3. The molecule has 0 unspecified atom stereocenters. The summed E-state index contributed by atoms with van der Waals surface area (Å²) >= 11 is 0. The highest BCUT2D eigenvalue weighted by Gasteiger charge is 2.52. The molecule has 0 fully saturated rings. The highest BCUT2D eigenvalue weighted by Crippen LogP contribution is 2.50. The first-order valence-electron chi connectivity index (χ1n) is 21.1. The Labute approximate surface area is 376 Å². The Bertz CT molecular complexity index is 2560. The number of anilines is 1. The first-order valence-corrected chi connectivity index (χ1v) is 21.1. The number of ketones is 2. The molecule has 1 aromatic heterocycles. The summed E-state index contributed by atoms with van der Waals surface area (Å²) < 4.78 is 28.9. The van der Waals surface area contributed by atoms with Gasteiger partial charge in [0.15, 0.2) is 11.5 Å². The standard InChI is InChI=1S/C48H56N4O13/c1-22-12-11-13-23(2)47(60)51-38-32(21-50-52-30-18-29-19-31(61-9)14-15-33(29)49-20-30)42(57)35-36(43(38)58)41(56)27(6)45-37(35)46(59)48(8,65-45)63-17-16-34(62-10)24(3)44(64-28(7)53)26(5)40(55)25(4)39(22)54/h11-22,24-26,34,39-40,44,50,52,54-56,58H,1-10H3,(H,51,60)/b12-11+,17-16+,23-13-,32-21+/t22-,24-,25-,26-,34+,39+,40-,44-,48+/m1/s1. The zero-order chi connectivity index (χ0) is 47.7. The van der Waals surface area contributed by atoms with Crippen molar-refractivity contribution in [1.29, 1.82) is 0 Å². The Morgan fingerprint density at radius 1 is 0.954 bits per heavy atom. The van der Waals surface area contributed by atoms with E-state index >= 15 is 0 Å². The largest absolute Gasteiger partial charge is 0.507 e. The fourth-order valence-electron chi connectivity index (χ4n) is 8.37. The first-order chi connectivity index (χ1) is 30.7. The molecular formula is C48H56N4O13. The lowest BCUT2D eigenvalue weighted by Crippen LogP contribution is -2.46. The number of nitrogens with one attached hydrogen (secondary N) is 3. The number of aromatic nitrogens is 1. The number of rotatable bonds is 6.